The lowest BCUT2D eigenvalue weighted by atomic mass is 10.1. The molecule has 1 saturated heterocycles. The summed E-state index contributed by atoms with van der Waals surface area (Å²) in [6.45, 7) is 1.79. The molecule has 134 valence electrons. The fourth-order valence-electron chi connectivity index (χ4n) is 2.61. The van der Waals surface area contributed by atoms with Crippen molar-refractivity contribution in [2.75, 3.05) is 18.0 Å². The number of ether oxygens (including phenoxy) is 1. The Hall–Kier alpha value is -3.29. The Balaban J connectivity index is 1.77. The molecule has 2 aromatic rings. The number of pyridine rings is 1. The summed E-state index contributed by atoms with van der Waals surface area (Å²) >= 11 is 0. The third-order valence-corrected chi connectivity index (χ3v) is 3.92. The minimum atomic E-state index is -0.596. The second-order valence-corrected chi connectivity index (χ2v) is 5.81. The predicted octanol–water partition coefficient (Wildman–Crippen LogP) is 2.16. The number of nitrogens with one attached hydrogen (secondary N) is 1. The summed E-state index contributed by atoms with van der Waals surface area (Å²) in [7, 11) is 0. The Morgan fingerprint density at radius 3 is 2.85 bits per heavy atom. The summed E-state index contributed by atoms with van der Waals surface area (Å²) in [5.41, 5.74) is 1.39. The number of hydrogen-bond donors (Lipinski definition) is 1. The van der Waals surface area contributed by atoms with Gasteiger partial charge in [0.05, 0.1) is 24.5 Å². The van der Waals surface area contributed by atoms with Gasteiger partial charge in [0.1, 0.15) is 11.9 Å². The van der Waals surface area contributed by atoms with Gasteiger partial charge in [-0.2, -0.15) is 0 Å². The van der Waals surface area contributed by atoms with Crippen molar-refractivity contribution >= 4 is 24.0 Å². The standard InChI is InChI=1S/C18H16FN3O4/c1-11(24)20-8-14-9-22(18(25)26-14)13-3-4-15(16(19)6-13)17-5-2-12(10-23)7-21-17/h2-7,10,14H,8-9H2,1H3,(H,20,24)/t14-/m0/s1. The first-order valence-electron chi connectivity index (χ1n) is 7.91. The molecule has 8 heteroatoms. The second kappa shape index (κ2) is 7.30. The predicted molar refractivity (Wildman–Crippen MR) is 91.3 cm³/mol. The van der Waals surface area contributed by atoms with Crippen molar-refractivity contribution in [1.29, 1.82) is 0 Å². The highest BCUT2D eigenvalue weighted by Gasteiger charge is 2.32. The Bertz CT molecular complexity index is 854. The van der Waals surface area contributed by atoms with Crippen molar-refractivity contribution in [2.45, 2.75) is 13.0 Å². The number of amides is 2. The molecule has 1 aliphatic heterocycles. The van der Waals surface area contributed by atoms with Gasteiger partial charge in [0.15, 0.2) is 6.29 Å². The molecule has 1 aromatic heterocycles. The van der Waals surface area contributed by atoms with Gasteiger partial charge in [-0.15, -0.1) is 0 Å². The van der Waals surface area contributed by atoms with Crippen molar-refractivity contribution in [3.05, 3.63) is 47.9 Å². The summed E-state index contributed by atoms with van der Waals surface area (Å²) in [4.78, 5) is 39.0. The van der Waals surface area contributed by atoms with Gasteiger partial charge in [0, 0.05) is 24.2 Å². The van der Waals surface area contributed by atoms with E-state index in [1.807, 2.05) is 0 Å². The first-order chi connectivity index (χ1) is 12.5. The Morgan fingerprint density at radius 1 is 1.42 bits per heavy atom. The van der Waals surface area contributed by atoms with Crippen molar-refractivity contribution in [1.82, 2.24) is 10.3 Å². The number of nitrogens with zero attached hydrogens (tertiary/aromatic N) is 2. The Morgan fingerprint density at radius 2 is 2.23 bits per heavy atom. The molecule has 1 atom stereocenters. The van der Waals surface area contributed by atoms with E-state index in [0.717, 1.165) is 0 Å². The van der Waals surface area contributed by atoms with E-state index in [0.29, 0.717) is 23.2 Å². The molecule has 1 aliphatic rings. The van der Waals surface area contributed by atoms with E-state index in [9.17, 15) is 18.8 Å². The topological polar surface area (TPSA) is 88.6 Å². The summed E-state index contributed by atoms with van der Waals surface area (Å²) in [6, 6.07) is 7.44. The fourth-order valence-corrected chi connectivity index (χ4v) is 2.61. The van der Waals surface area contributed by atoms with Gasteiger partial charge in [-0.25, -0.2) is 9.18 Å². The van der Waals surface area contributed by atoms with Crippen LogP contribution in [0.25, 0.3) is 11.3 Å². The number of rotatable bonds is 5. The maximum Gasteiger partial charge on any atom is 0.414 e. The van der Waals surface area contributed by atoms with Crippen molar-refractivity contribution in [2.24, 2.45) is 0 Å². The van der Waals surface area contributed by atoms with Gasteiger partial charge in [-0.1, -0.05) is 0 Å². The molecular formula is C18H16FN3O4. The highest BCUT2D eigenvalue weighted by atomic mass is 19.1. The van der Waals surface area contributed by atoms with Crippen LogP contribution in [0, 0.1) is 5.82 Å². The molecule has 2 heterocycles. The van der Waals surface area contributed by atoms with E-state index in [1.54, 1.807) is 18.2 Å². The van der Waals surface area contributed by atoms with Crippen LogP contribution >= 0.6 is 0 Å². The van der Waals surface area contributed by atoms with Crippen LogP contribution in [-0.2, 0) is 9.53 Å². The smallest absolute Gasteiger partial charge is 0.414 e. The molecule has 0 saturated carbocycles. The average Bonchev–Trinajstić information content (AvgIpc) is 3.01. The van der Waals surface area contributed by atoms with E-state index < -0.39 is 18.0 Å². The number of aromatic nitrogens is 1. The van der Waals surface area contributed by atoms with E-state index >= 15 is 0 Å². The maximum absolute atomic E-state index is 14.5. The molecule has 1 N–H and O–H groups in total. The number of hydrogen-bond acceptors (Lipinski definition) is 5. The van der Waals surface area contributed by atoms with Crippen LogP contribution in [0.5, 0.6) is 0 Å². The normalized spacial score (nSPS) is 16.3. The fraction of sp³-hybridized carbons (Fsp3) is 0.222. The average molecular weight is 357 g/mol. The van der Waals surface area contributed by atoms with Gasteiger partial charge in [0.2, 0.25) is 5.91 Å². The van der Waals surface area contributed by atoms with E-state index in [1.165, 1.54) is 30.2 Å². The summed E-state index contributed by atoms with van der Waals surface area (Å²) < 4.78 is 19.7. The molecule has 0 bridgehead atoms. The Labute approximate surface area is 148 Å². The number of anilines is 1. The monoisotopic (exact) mass is 357 g/mol. The van der Waals surface area contributed by atoms with Gasteiger partial charge in [-0.3, -0.25) is 19.5 Å². The van der Waals surface area contributed by atoms with Crippen molar-refractivity contribution in [3.8, 4) is 11.3 Å². The molecule has 0 aliphatic carbocycles. The summed E-state index contributed by atoms with van der Waals surface area (Å²) in [5, 5.41) is 2.58. The lowest BCUT2D eigenvalue weighted by molar-refractivity contribution is -0.119. The molecule has 7 nitrogen and oxygen atoms in total. The van der Waals surface area contributed by atoms with Crippen molar-refractivity contribution < 1.29 is 23.5 Å². The van der Waals surface area contributed by atoms with E-state index in [4.69, 9.17) is 4.74 Å². The van der Waals surface area contributed by atoms with Gasteiger partial charge in [-0.05, 0) is 30.3 Å². The lowest BCUT2D eigenvalue weighted by Gasteiger charge is -2.14. The Kier molecular flexibility index (Phi) is 4.92. The SMILES string of the molecule is CC(=O)NC[C@H]1CN(c2ccc(-c3ccc(C=O)cn3)c(F)c2)C(=O)O1. The zero-order valence-electron chi connectivity index (χ0n) is 13.9. The molecule has 2 amide bonds. The molecule has 1 aromatic carbocycles. The quantitative estimate of drug-likeness (QED) is 0.829. The van der Waals surface area contributed by atoms with Crippen LogP contribution in [0.1, 0.15) is 17.3 Å². The van der Waals surface area contributed by atoms with Crippen LogP contribution in [0.2, 0.25) is 0 Å². The first kappa shape index (κ1) is 17.5. The van der Waals surface area contributed by atoms with E-state index in [-0.39, 0.29) is 24.6 Å². The molecule has 0 spiro atoms. The third-order valence-electron chi connectivity index (χ3n) is 3.92. The van der Waals surface area contributed by atoms with Crippen LogP contribution in [0.4, 0.5) is 14.9 Å². The molecule has 1 fully saturated rings. The number of carbonyl (C=O) groups is 3. The third kappa shape index (κ3) is 3.69. The molecular weight excluding hydrogens is 341 g/mol. The van der Waals surface area contributed by atoms with Crippen molar-refractivity contribution in [3.63, 3.8) is 0 Å². The minimum Gasteiger partial charge on any atom is -0.442 e. The van der Waals surface area contributed by atoms with Crippen LogP contribution in [-0.4, -0.2) is 42.5 Å². The van der Waals surface area contributed by atoms with Crippen LogP contribution in [0.3, 0.4) is 0 Å². The molecule has 3 rings (SSSR count). The van der Waals surface area contributed by atoms with Gasteiger partial charge >= 0.3 is 6.09 Å². The summed E-state index contributed by atoms with van der Waals surface area (Å²) in [5.74, 6) is -0.769. The number of cyclic esters (lactones) is 1. The van der Waals surface area contributed by atoms with Gasteiger partial charge < -0.3 is 10.1 Å². The number of halogens is 1. The van der Waals surface area contributed by atoms with Gasteiger partial charge in [0.25, 0.3) is 0 Å². The second-order valence-electron chi connectivity index (χ2n) is 5.81. The first-order valence-corrected chi connectivity index (χ1v) is 7.91. The summed E-state index contributed by atoms with van der Waals surface area (Å²) in [6.07, 6.45) is 0.930. The maximum atomic E-state index is 14.5. The van der Waals surface area contributed by atoms with E-state index in [2.05, 4.69) is 10.3 Å². The largest absolute Gasteiger partial charge is 0.442 e. The molecule has 26 heavy (non-hydrogen) atoms. The zero-order valence-corrected chi connectivity index (χ0v) is 13.9. The highest BCUT2D eigenvalue weighted by molar-refractivity contribution is 5.90. The highest BCUT2D eigenvalue weighted by Crippen LogP contribution is 2.28. The number of benzene rings is 1. The number of carbonyl (C=O) groups excluding carboxylic acids is 3. The minimum absolute atomic E-state index is 0.200. The lowest BCUT2D eigenvalue weighted by Crippen LogP contribution is -2.33. The van der Waals surface area contributed by atoms with Crippen LogP contribution in [0.15, 0.2) is 36.5 Å². The van der Waals surface area contributed by atoms with Crippen LogP contribution < -0.4 is 10.2 Å². The zero-order chi connectivity index (χ0) is 18.7. The number of aldehydes is 1. The molecule has 0 unspecified atom stereocenters. The molecule has 0 radical (unpaired) electrons.